The fraction of sp³-hybridized carbons (Fsp3) is 0.217. The van der Waals surface area contributed by atoms with E-state index in [0.717, 1.165) is 50.5 Å². The van der Waals surface area contributed by atoms with Crippen molar-refractivity contribution >= 4 is 49.9 Å². The molecule has 0 radical (unpaired) electrons. The molecule has 3 heterocycles. The van der Waals surface area contributed by atoms with E-state index in [1.165, 1.54) is 27.6 Å². The van der Waals surface area contributed by atoms with Gasteiger partial charge in [0.2, 0.25) is 0 Å². The van der Waals surface area contributed by atoms with E-state index in [9.17, 15) is 0 Å². The third kappa shape index (κ3) is 6.05. The molecule has 0 atom stereocenters. The van der Waals surface area contributed by atoms with E-state index in [4.69, 9.17) is 4.98 Å². The summed E-state index contributed by atoms with van der Waals surface area (Å²) in [5.41, 5.74) is 11.9. The van der Waals surface area contributed by atoms with Crippen LogP contribution in [0.1, 0.15) is 58.2 Å². The van der Waals surface area contributed by atoms with Crippen LogP contribution in [0.25, 0.3) is 44.3 Å². The molecule has 0 bridgehead atoms. The third-order valence-electron chi connectivity index (χ3n) is 9.93. The first-order chi connectivity index (χ1) is 24.4. The Labute approximate surface area is 321 Å². The number of rotatable bonds is 5. The number of anilines is 3. The summed E-state index contributed by atoms with van der Waals surface area (Å²) in [5, 5.41) is 2.32. The van der Waals surface area contributed by atoms with Gasteiger partial charge in [-0.05, 0) is 92.4 Å². The summed E-state index contributed by atoms with van der Waals surface area (Å²) in [5.74, 6) is 0.890. The van der Waals surface area contributed by atoms with Gasteiger partial charge in [0.1, 0.15) is 5.82 Å². The van der Waals surface area contributed by atoms with E-state index in [1.807, 2.05) is 6.20 Å². The van der Waals surface area contributed by atoms with Crippen molar-refractivity contribution in [2.45, 2.75) is 66.3 Å². The summed E-state index contributed by atoms with van der Waals surface area (Å²) < 4.78 is 6.87. The maximum Gasteiger partial charge on any atom is 0.188 e. The normalized spacial score (nSPS) is 12.1. The first-order valence-electron chi connectivity index (χ1n) is 17.7. The minimum absolute atomic E-state index is 0. The van der Waals surface area contributed by atoms with Crippen molar-refractivity contribution in [3.05, 3.63) is 151 Å². The molecule has 5 aromatic carbocycles. The van der Waals surface area contributed by atoms with Gasteiger partial charge in [-0.1, -0.05) is 80.1 Å². The molecule has 0 aliphatic heterocycles. The maximum absolute atomic E-state index is 4.92. The molecule has 6 heteroatoms. The van der Waals surface area contributed by atoms with Gasteiger partial charge >= 0.3 is 0 Å². The molecule has 0 unspecified atom stereocenters. The van der Waals surface area contributed by atoms with Gasteiger partial charge in [0.25, 0.3) is 0 Å². The van der Waals surface area contributed by atoms with Crippen LogP contribution in [0.15, 0.2) is 122 Å². The number of hydrogen-bond donors (Lipinski definition) is 0. The number of pyridine rings is 1. The Morgan fingerprint density at radius 2 is 1.31 bits per heavy atom. The fourth-order valence-electron chi connectivity index (χ4n) is 7.34. The monoisotopic (exact) mass is 861 g/mol. The molecule has 52 heavy (non-hydrogen) atoms. The average molecular weight is 862 g/mol. The van der Waals surface area contributed by atoms with Gasteiger partial charge in [0.15, 0.2) is 17.4 Å². The summed E-state index contributed by atoms with van der Waals surface area (Å²) in [6.45, 7) is 17.8. The van der Waals surface area contributed by atoms with Crippen molar-refractivity contribution in [1.82, 2.24) is 18.7 Å². The Bertz CT molecular complexity index is 2580. The van der Waals surface area contributed by atoms with Crippen molar-refractivity contribution in [2.24, 2.45) is 0 Å². The minimum Gasteiger partial charge on any atom is -0.357 e. The number of benzene rings is 5. The molecular formula is C46H44N5Pt-. The number of para-hydroxylation sites is 4. The van der Waals surface area contributed by atoms with Gasteiger partial charge in [0, 0.05) is 56.3 Å². The minimum atomic E-state index is -0.0865. The molecule has 0 spiro atoms. The zero-order valence-corrected chi connectivity index (χ0v) is 33.4. The molecule has 0 amide bonds. The molecule has 0 aliphatic rings. The van der Waals surface area contributed by atoms with E-state index in [2.05, 4.69) is 202 Å². The largest absolute Gasteiger partial charge is 0.357 e. The van der Waals surface area contributed by atoms with Crippen molar-refractivity contribution in [2.75, 3.05) is 4.90 Å². The summed E-state index contributed by atoms with van der Waals surface area (Å²) in [4.78, 5) is 7.24. The molecule has 8 aromatic rings. The van der Waals surface area contributed by atoms with E-state index in [1.54, 1.807) is 0 Å². The van der Waals surface area contributed by atoms with Gasteiger partial charge in [-0.15, -0.1) is 29.7 Å². The van der Waals surface area contributed by atoms with Crippen molar-refractivity contribution in [1.29, 1.82) is 0 Å². The predicted octanol–water partition coefficient (Wildman–Crippen LogP) is 11.9. The Morgan fingerprint density at radius 1 is 0.654 bits per heavy atom. The van der Waals surface area contributed by atoms with Crippen molar-refractivity contribution in [3.8, 4) is 11.5 Å². The summed E-state index contributed by atoms with van der Waals surface area (Å²) in [6.07, 6.45) is 4.14. The standard InChI is InChI=1S/C46H44N5.Pt/c1-31-15-13-16-32(2)44(31)50(35-18-14-17-34(28-35)48-30-49(46(6,7)8)41-22-12-11-21-40(41)48)36-23-24-38-37-19-9-10-20-39(37)51(42(38)29-36)43-27-33(25-26-47-43)45(3,4)5;/h9-27,30H,1-8H3;/q-1;. The molecule has 0 N–H and O–H groups in total. The first-order valence-corrected chi connectivity index (χ1v) is 17.7. The Kier molecular flexibility index (Phi) is 8.99. The molecule has 5 nitrogen and oxygen atoms in total. The van der Waals surface area contributed by atoms with Gasteiger partial charge in [0.05, 0.1) is 5.54 Å². The van der Waals surface area contributed by atoms with Gasteiger partial charge < -0.3 is 9.47 Å². The van der Waals surface area contributed by atoms with E-state index >= 15 is 0 Å². The number of imidazole rings is 1. The van der Waals surface area contributed by atoms with Crippen LogP contribution < -0.4 is 4.90 Å². The number of aromatic nitrogens is 4. The third-order valence-corrected chi connectivity index (χ3v) is 9.93. The van der Waals surface area contributed by atoms with Crippen LogP contribution >= 0.6 is 0 Å². The molecule has 0 saturated carbocycles. The first kappa shape index (κ1) is 35.4. The molecule has 0 aliphatic carbocycles. The molecule has 3 aromatic heterocycles. The second-order valence-corrected chi connectivity index (χ2v) is 15.6. The smallest absolute Gasteiger partial charge is 0.188 e. The summed E-state index contributed by atoms with van der Waals surface area (Å²) in [6, 6.07) is 46.7. The SMILES string of the molecule is Cc1cccc(C)c1N(c1[c-]c(-n2[cH+]n(C(C)(C)C)c3ccccc32)ccc1)c1[c-]c2c(cc1)c1ccccc1n2-c1cc(C(C)(C)C)ccn1.[Pt]. The average Bonchev–Trinajstić information content (AvgIpc) is 3.66. The van der Waals surface area contributed by atoms with Crippen LogP contribution in [0.3, 0.4) is 0 Å². The molecule has 0 saturated heterocycles. The number of nitrogens with zero attached hydrogens (tertiary/aromatic N) is 5. The Hall–Kier alpha value is -4.99. The zero-order chi connectivity index (χ0) is 35.7. The van der Waals surface area contributed by atoms with E-state index < -0.39 is 0 Å². The van der Waals surface area contributed by atoms with Crippen molar-refractivity contribution < 1.29 is 21.1 Å². The molecule has 264 valence electrons. The molecule has 0 fully saturated rings. The van der Waals surface area contributed by atoms with E-state index in [-0.39, 0.29) is 32.0 Å². The number of aryl methyl sites for hydroxylation is 2. The summed E-state index contributed by atoms with van der Waals surface area (Å²) in [7, 11) is 0. The van der Waals surface area contributed by atoms with Gasteiger partial charge in [-0.2, -0.15) is 12.1 Å². The van der Waals surface area contributed by atoms with Crippen LogP contribution in [0.2, 0.25) is 0 Å². The number of hydrogen-bond acceptors (Lipinski definition) is 2. The van der Waals surface area contributed by atoms with Gasteiger partial charge in [-0.25, -0.2) is 14.1 Å². The second kappa shape index (κ2) is 13.2. The van der Waals surface area contributed by atoms with Crippen LogP contribution in [-0.2, 0) is 32.0 Å². The van der Waals surface area contributed by atoms with Crippen molar-refractivity contribution in [3.63, 3.8) is 0 Å². The topological polar surface area (TPSA) is 30.9 Å². The predicted molar refractivity (Wildman–Crippen MR) is 213 cm³/mol. The quantitative estimate of drug-likeness (QED) is 0.161. The number of fused-ring (bicyclic) bond motifs is 4. The molecular weight excluding hydrogens is 818 g/mol. The summed E-state index contributed by atoms with van der Waals surface area (Å²) >= 11 is 0. The Morgan fingerprint density at radius 3 is 2.02 bits per heavy atom. The van der Waals surface area contributed by atoms with E-state index in [0.29, 0.717) is 0 Å². The van der Waals surface area contributed by atoms with Crippen LogP contribution in [0.4, 0.5) is 17.1 Å². The fourth-order valence-corrected chi connectivity index (χ4v) is 7.34. The molecule has 8 rings (SSSR count). The maximum atomic E-state index is 4.92. The second-order valence-electron chi connectivity index (χ2n) is 15.6. The van der Waals surface area contributed by atoms with Crippen LogP contribution in [0, 0.1) is 26.0 Å². The van der Waals surface area contributed by atoms with Gasteiger partial charge in [-0.3, -0.25) is 0 Å². The zero-order valence-electron chi connectivity index (χ0n) is 31.1. The van der Waals surface area contributed by atoms with Crippen LogP contribution in [-0.4, -0.2) is 18.7 Å². The van der Waals surface area contributed by atoms with Crippen LogP contribution in [0.5, 0.6) is 0 Å². The Balaban J connectivity index is 0.00000420.